The largest absolute Gasteiger partial charge is 0.458 e. The molecule has 0 aliphatic heterocycles. The van der Waals surface area contributed by atoms with Gasteiger partial charge in [-0.25, -0.2) is 9.59 Å². The summed E-state index contributed by atoms with van der Waals surface area (Å²) in [5.74, 6) is -1.24. The van der Waals surface area contributed by atoms with Gasteiger partial charge < -0.3 is 25.1 Å². The molecule has 1 aromatic heterocycles. The first-order valence-corrected chi connectivity index (χ1v) is 12.3. The molecule has 0 aliphatic rings. The maximum atomic E-state index is 13.3. The minimum atomic E-state index is -0.663. The van der Waals surface area contributed by atoms with Crippen LogP contribution in [0.5, 0.6) is 0 Å². The van der Waals surface area contributed by atoms with E-state index in [1.165, 1.54) is 6.07 Å². The first-order chi connectivity index (χ1) is 17.3. The molecule has 0 aliphatic carbocycles. The van der Waals surface area contributed by atoms with Crippen LogP contribution in [0.1, 0.15) is 56.2 Å². The van der Waals surface area contributed by atoms with Gasteiger partial charge in [0.1, 0.15) is 11.3 Å². The molecule has 0 saturated carbocycles. The van der Waals surface area contributed by atoms with Crippen LogP contribution in [0.2, 0.25) is 10.0 Å². The number of aromatic amines is 1. The SMILES string of the molecule is C=C(C(=O)Nc1ccccc1CNC(=O)OC(C)(C)C)c1c(C(=O)OC(C)C)[nH]c2cc(Cl)cc(Cl)c12. The highest BCUT2D eigenvalue weighted by Crippen LogP contribution is 2.36. The van der Waals surface area contributed by atoms with Gasteiger partial charge in [0.25, 0.3) is 5.91 Å². The van der Waals surface area contributed by atoms with Crippen molar-refractivity contribution >= 4 is 63.3 Å². The number of nitrogens with one attached hydrogen (secondary N) is 3. The Balaban J connectivity index is 1.91. The van der Waals surface area contributed by atoms with Crippen molar-refractivity contribution in [2.24, 2.45) is 0 Å². The van der Waals surface area contributed by atoms with Crippen LogP contribution in [-0.4, -0.2) is 34.7 Å². The van der Waals surface area contributed by atoms with Crippen molar-refractivity contribution in [3.63, 3.8) is 0 Å². The van der Waals surface area contributed by atoms with E-state index in [2.05, 4.69) is 22.2 Å². The van der Waals surface area contributed by atoms with Gasteiger partial charge in [-0.2, -0.15) is 0 Å². The van der Waals surface area contributed by atoms with Gasteiger partial charge in [0.2, 0.25) is 0 Å². The Morgan fingerprint density at radius 1 is 1.11 bits per heavy atom. The lowest BCUT2D eigenvalue weighted by atomic mass is 10.0. The van der Waals surface area contributed by atoms with Crippen LogP contribution >= 0.6 is 23.2 Å². The highest BCUT2D eigenvalue weighted by Gasteiger charge is 2.27. The minimum Gasteiger partial charge on any atom is -0.458 e. The predicted molar refractivity (Wildman–Crippen MR) is 146 cm³/mol. The van der Waals surface area contributed by atoms with Crippen LogP contribution in [0.3, 0.4) is 0 Å². The van der Waals surface area contributed by atoms with Gasteiger partial charge in [0, 0.05) is 39.3 Å². The number of amides is 2. The van der Waals surface area contributed by atoms with E-state index in [0.29, 0.717) is 27.2 Å². The number of ether oxygens (including phenoxy) is 2. The zero-order valence-corrected chi connectivity index (χ0v) is 22.8. The van der Waals surface area contributed by atoms with Gasteiger partial charge in [-0.1, -0.05) is 48.0 Å². The van der Waals surface area contributed by atoms with Gasteiger partial charge in [-0.3, -0.25) is 4.79 Å². The van der Waals surface area contributed by atoms with E-state index in [4.69, 9.17) is 32.7 Å². The molecule has 3 aromatic rings. The Morgan fingerprint density at radius 3 is 2.43 bits per heavy atom. The van der Waals surface area contributed by atoms with Crippen molar-refractivity contribution in [1.29, 1.82) is 0 Å². The van der Waals surface area contributed by atoms with Gasteiger partial charge in [-0.15, -0.1) is 0 Å². The molecule has 10 heteroatoms. The van der Waals surface area contributed by atoms with Crippen LogP contribution in [0.25, 0.3) is 16.5 Å². The number of para-hydroxylation sites is 1. The first kappa shape index (κ1) is 28.1. The van der Waals surface area contributed by atoms with Crippen molar-refractivity contribution < 1.29 is 23.9 Å². The zero-order valence-electron chi connectivity index (χ0n) is 21.3. The summed E-state index contributed by atoms with van der Waals surface area (Å²) in [5.41, 5.74) is 1.13. The molecule has 2 amide bonds. The number of hydrogen-bond donors (Lipinski definition) is 3. The third kappa shape index (κ3) is 7.05. The third-order valence-corrected chi connectivity index (χ3v) is 5.54. The molecule has 8 nitrogen and oxygen atoms in total. The molecule has 196 valence electrons. The number of benzene rings is 2. The van der Waals surface area contributed by atoms with Gasteiger partial charge in [-0.05, 0) is 58.4 Å². The fourth-order valence-corrected chi connectivity index (χ4v) is 4.15. The third-order valence-electron chi connectivity index (χ3n) is 5.03. The average Bonchev–Trinajstić information content (AvgIpc) is 3.16. The molecule has 0 fully saturated rings. The van der Waals surface area contributed by atoms with E-state index < -0.39 is 29.7 Å². The zero-order chi connectivity index (χ0) is 27.5. The molecule has 0 spiro atoms. The van der Waals surface area contributed by atoms with E-state index in [0.717, 1.165) is 0 Å². The number of anilines is 1. The molecule has 37 heavy (non-hydrogen) atoms. The molecule has 3 rings (SSSR count). The number of fused-ring (bicyclic) bond motifs is 1. The van der Waals surface area contributed by atoms with Crippen LogP contribution in [0.15, 0.2) is 43.0 Å². The van der Waals surface area contributed by atoms with Crippen molar-refractivity contribution in [2.75, 3.05) is 5.32 Å². The highest BCUT2D eigenvalue weighted by atomic mass is 35.5. The molecular weight excluding hydrogens is 517 g/mol. The Bertz CT molecular complexity index is 1370. The quantitative estimate of drug-likeness (QED) is 0.225. The number of alkyl carbamates (subject to hydrolysis) is 1. The number of carbonyl (C=O) groups excluding carboxylic acids is 3. The van der Waals surface area contributed by atoms with Crippen molar-refractivity contribution in [1.82, 2.24) is 10.3 Å². The average molecular weight is 546 g/mol. The summed E-state index contributed by atoms with van der Waals surface area (Å²) in [4.78, 5) is 41.3. The van der Waals surface area contributed by atoms with Crippen LogP contribution in [-0.2, 0) is 20.8 Å². The van der Waals surface area contributed by atoms with Crippen molar-refractivity contribution in [2.45, 2.75) is 52.9 Å². The molecular formula is C27H29Cl2N3O5. The number of H-pyrrole nitrogens is 1. The number of aromatic nitrogens is 1. The standard InChI is InChI=1S/C27H29Cl2N3O5/c1-14(2)36-25(34)23-21(22-18(29)11-17(28)12-20(22)31-23)15(3)24(33)32-19-10-8-7-9-16(19)13-30-26(35)37-27(4,5)6/h7-12,14,31H,3,13H2,1-2,4-6H3,(H,30,35)(H,32,33). The van der Waals surface area contributed by atoms with E-state index >= 15 is 0 Å². The van der Waals surface area contributed by atoms with Crippen LogP contribution < -0.4 is 10.6 Å². The fourth-order valence-electron chi connectivity index (χ4n) is 3.57. The summed E-state index contributed by atoms with van der Waals surface area (Å²) in [5, 5.41) is 6.50. The number of carbonyl (C=O) groups is 3. The van der Waals surface area contributed by atoms with Gasteiger partial charge >= 0.3 is 12.1 Å². The van der Waals surface area contributed by atoms with E-state index in [1.807, 2.05) is 0 Å². The summed E-state index contributed by atoms with van der Waals surface area (Å²) >= 11 is 12.6. The fraction of sp³-hybridized carbons (Fsp3) is 0.296. The smallest absolute Gasteiger partial charge is 0.407 e. The maximum absolute atomic E-state index is 13.3. The minimum absolute atomic E-state index is 0.0129. The molecule has 0 radical (unpaired) electrons. The van der Waals surface area contributed by atoms with Crippen molar-refractivity contribution in [3.05, 3.63) is 69.8 Å². The van der Waals surface area contributed by atoms with Gasteiger partial charge in [0.15, 0.2) is 0 Å². The van der Waals surface area contributed by atoms with E-state index in [-0.39, 0.29) is 28.4 Å². The summed E-state index contributed by atoms with van der Waals surface area (Å²) in [7, 11) is 0. The lowest BCUT2D eigenvalue weighted by Gasteiger charge is -2.20. The second kappa shape index (κ2) is 11.3. The Kier molecular flexibility index (Phi) is 8.56. The van der Waals surface area contributed by atoms with E-state index in [1.54, 1.807) is 65.0 Å². The molecule has 0 saturated heterocycles. The normalized spacial score (nSPS) is 11.4. The summed E-state index contributed by atoms with van der Waals surface area (Å²) in [6.07, 6.45) is -0.976. The first-order valence-electron chi connectivity index (χ1n) is 11.5. The van der Waals surface area contributed by atoms with Crippen LogP contribution in [0.4, 0.5) is 10.5 Å². The lowest BCUT2D eigenvalue weighted by Crippen LogP contribution is -2.32. The maximum Gasteiger partial charge on any atom is 0.407 e. The summed E-state index contributed by atoms with van der Waals surface area (Å²) in [6, 6.07) is 10.1. The molecule has 3 N–H and O–H groups in total. The topological polar surface area (TPSA) is 110 Å². The second-order valence-corrected chi connectivity index (χ2v) is 10.4. The summed E-state index contributed by atoms with van der Waals surface area (Å²) in [6.45, 7) is 12.8. The number of esters is 1. The molecule has 1 heterocycles. The Labute approximate surface area is 225 Å². The van der Waals surface area contributed by atoms with E-state index in [9.17, 15) is 14.4 Å². The molecule has 0 bridgehead atoms. The molecule has 0 unspecified atom stereocenters. The number of hydrogen-bond acceptors (Lipinski definition) is 5. The Morgan fingerprint density at radius 2 is 1.78 bits per heavy atom. The molecule has 0 atom stereocenters. The molecule has 2 aromatic carbocycles. The number of rotatable bonds is 7. The van der Waals surface area contributed by atoms with Crippen molar-refractivity contribution in [3.8, 4) is 0 Å². The highest BCUT2D eigenvalue weighted by molar-refractivity contribution is 6.41. The Hall–Kier alpha value is -3.49. The monoisotopic (exact) mass is 545 g/mol. The lowest BCUT2D eigenvalue weighted by molar-refractivity contribution is -0.111. The number of halogens is 2. The predicted octanol–water partition coefficient (Wildman–Crippen LogP) is 6.72. The second-order valence-electron chi connectivity index (χ2n) is 9.58. The van der Waals surface area contributed by atoms with Crippen LogP contribution in [0, 0.1) is 0 Å². The van der Waals surface area contributed by atoms with Gasteiger partial charge in [0.05, 0.1) is 11.1 Å². The summed E-state index contributed by atoms with van der Waals surface area (Å²) < 4.78 is 10.6.